The van der Waals surface area contributed by atoms with Gasteiger partial charge in [0.05, 0.1) is 18.8 Å². The van der Waals surface area contributed by atoms with Crippen molar-refractivity contribution in [2.75, 3.05) is 13.2 Å². The Morgan fingerprint density at radius 3 is 2.67 bits per heavy atom. The Morgan fingerprint density at radius 2 is 1.90 bits per heavy atom. The van der Waals surface area contributed by atoms with Crippen LogP contribution < -0.4 is 0 Å². The van der Waals surface area contributed by atoms with E-state index < -0.39 is 0 Å². The number of carbonyl (C=O) groups is 1. The summed E-state index contributed by atoms with van der Waals surface area (Å²) in [6, 6.07) is 0. The standard InChI is InChI=1S/C18H28O3/c1-3-5-6-7-8-11-14-21-17-13-10-9-12-16(15-17)18(19)20-4-2/h10,12-13,15H,3-9,11,14H2,1-2H3. The van der Waals surface area contributed by atoms with E-state index in [4.69, 9.17) is 9.47 Å². The number of unbranched alkanes of at least 4 members (excludes halogenated alkanes) is 5. The lowest BCUT2D eigenvalue weighted by Crippen LogP contribution is -2.06. The molecule has 0 amide bonds. The average molecular weight is 292 g/mol. The van der Waals surface area contributed by atoms with Crippen LogP contribution in [0.1, 0.15) is 58.8 Å². The van der Waals surface area contributed by atoms with Gasteiger partial charge in [-0.2, -0.15) is 0 Å². The van der Waals surface area contributed by atoms with Gasteiger partial charge >= 0.3 is 5.97 Å². The van der Waals surface area contributed by atoms with Gasteiger partial charge in [-0.1, -0.05) is 51.2 Å². The topological polar surface area (TPSA) is 35.5 Å². The van der Waals surface area contributed by atoms with E-state index in [-0.39, 0.29) is 5.97 Å². The molecule has 1 rings (SSSR count). The fourth-order valence-electron chi connectivity index (χ4n) is 2.16. The third kappa shape index (κ3) is 7.74. The van der Waals surface area contributed by atoms with E-state index in [1.807, 2.05) is 25.2 Å². The van der Waals surface area contributed by atoms with Gasteiger partial charge in [0, 0.05) is 0 Å². The summed E-state index contributed by atoms with van der Waals surface area (Å²) < 4.78 is 10.8. The second kappa shape index (κ2) is 11.2. The maximum atomic E-state index is 11.8. The highest BCUT2D eigenvalue weighted by molar-refractivity contribution is 5.91. The number of hydrogen-bond donors (Lipinski definition) is 0. The highest BCUT2D eigenvalue weighted by atomic mass is 16.5. The van der Waals surface area contributed by atoms with Crippen molar-refractivity contribution in [3.8, 4) is 0 Å². The van der Waals surface area contributed by atoms with Crippen molar-refractivity contribution in [2.24, 2.45) is 0 Å². The van der Waals surface area contributed by atoms with Crippen LogP contribution >= 0.6 is 0 Å². The Balaban J connectivity index is 2.32. The number of esters is 1. The maximum absolute atomic E-state index is 11.8. The zero-order valence-corrected chi connectivity index (χ0v) is 13.4. The molecule has 3 nitrogen and oxygen atoms in total. The van der Waals surface area contributed by atoms with Gasteiger partial charge in [-0.15, -0.1) is 0 Å². The molecular formula is C18H28O3. The van der Waals surface area contributed by atoms with Crippen LogP contribution in [0.4, 0.5) is 0 Å². The Bertz CT molecular complexity index is 391. The van der Waals surface area contributed by atoms with Crippen molar-refractivity contribution in [2.45, 2.75) is 58.8 Å². The molecule has 0 saturated heterocycles. The molecule has 21 heavy (non-hydrogen) atoms. The SMILES string of the molecule is CCCCCCCCOC1=CC(C(=O)OCC)=CCC=C1. The molecule has 1 aliphatic carbocycles. The number of allylic oxidation sites excluding steroid dienone is 3. The molecule has 0 fully saturated rings. The molecule has 0 atom stereocenters. The van der Waals surface area contributed by atoms with Crippen molar-refractivity contribution in [3.63, 3.8) is 0 Å². The zero-order valence-electron chi connectivity index (χ0n) is 13.4. The van der Waals surface area contributed by atoms with E-state index in [1.165, 1.54) is 32.1 Å². The highest BCUT2D eigenvalue weighted by Crippen LogP contribution is 2.15. The second-order valence-corrected chi connectivity index (χ2v) is 5.18. The molecule has 0 radical (unpaired) electrons. The van der Waals surface area contributed by atoms with E-state index in [0.717, 1.165) is 18.6 Å². The van der Waals surface area contributed by atoms with Crippen molar-refractivity contribution in [1.29, 1.82) is 0 Å². The first-order valence-electron chi connectivity index (χ1n) is 8.16. The van der Waals surface area contributed by atoms with Crippen LogP contribution in [0.5, 0.6) is 0 Å². The van der Waals surface area contributed by atoms with Crippen molar-refractivity contribution < 1.29 is 14.3 Å². The number of hydrogen-bond acceptors (Lipinski definition) is 3. The molecule has 0 spiro atoms. The fourth-order valence-corrected chi connectivity index (χ4v) is 2.16. The van der Waals surface area contributed by atoms with Crippen LogP contribution in [-0.2, 0) is 14.3 Å². The van der Waals surface area contributed by atoms with Crippen molar-refractivity contribution in [1.82, 2.24) is 0 Å². The average Bonchev–Trinajstić information content (AvgIpc) is 2.72. The summed E-state index contributed by atoms with van der Waals surface area (Å²) in [6.45, 7) is 5.14. The molecule has 0 N–H and O–H groups in total. The molecule has 0 aromatic rings. The third-order valence-corrected chi connectivity index (χ3v) is 3.33. The van der Waals surface area contributed by atoms with Gasteiger partial charge < -0.3 is 9.47 Å². The number of rotatable bonds is 10. The van der Waals surface area contributed by atoms with Crippen LogP contribution in [0.3, 0.4) is 0 Å². The minimum atomic E-state index is -0.276. The first-order chi connectivity index (χ1) is 10.3. The van der Waals surface area contributed by atoms with Gasteiger partial charge in [0.25, 0.3) is 0 Å². The second-order valence-electron chi connectivity index (χ2n) is 5.18. The maximum Gasteiger partial charge on any atom is 0.337 e. The van der Waals surface area contributed by atoms with Crippen LogP contribution in [0.25, 0.3) is 0 Å². The first-order valence-corrected chi connectivity index (χ1v) is 8.16. The largest absolute Gasteiger partial charge is 0.494 e. The molecular weight excluding hydrogens is 264 g/mol. The van der Waals surface area contributed by atoms with Gasteiger partial charge in [-0.25, -0.2) is 4.79 Å². The Labute approximate surface area is 128 Å². The summed E-state index contributed by atoms with van der Waals surface area (Å²) in [6.07, 6.45) is 15.8. The predicted molar refractivity (Wildman–Crippen MR) is 85.9 cm³/mol. The summed E-state index contributed by atoms with van der Waals surface area (Å²) >= 11 is 0. The Hall–Kier alpha value is -1.51. The summed E-state index contributed by atoms with van der Waals surface area (Å²) in [4.78, 5) is 11.8. The smallest absolute Gasteiger partial charge is 0.337 e. The first kappa shape index (κ1) is 17.5. The predicted octanol–water partition coefficient (Wildman–Crippen LogP) is 4.70. The molecule has 118 valence electrons. The van der Waals surface area contributed by atoms with E-state index in [9.17, 15) is 4.79 Å². The van der Waals surface area contributed by atoms with Crippen LogP contribution in [0.2, 0.25) is 0 Å². The van der Waals surface area contributed by atoms with Crippen molar-refractivity contribution >= 4 is 5.97 Å². The minimum absolute atomic E-state index is 0.276. The molecule has 0 unspecified atom stereocenters. The van der Waals surface area contributed by atoms with E-state index in [2.05, 4.69) is 6.92 Å². The van der Waals surface area contributed by atoms with Crippen molar-refractivity contribution in [3.05, 3.63) is 35.6 Å². The lowest BCUT2D eigenvalue weighted by molar-refractivity contribution is -0.138. The molecule has 0 saturated carbocycles. The summed E-state index contributed by atoms with van der Waals surface area (Å²) in [7, 11) is 0. The molecule has 0 aliphatic heterocycles. The summed E-state index contributed by atoms with van der Waals surface area (Å²) in [5, 5.41) is 0. The quantitative estimate of drug-likeness (QED) is 0.432. The van der Waals surface area contributed by atoms with Gasteiger partial charge in [-0.3, -0.25) is 0 Å². The molecule has 3 heteroatoms. The summed E-state index contributed by atoms with van der Waals surface area (Å²) in [5.41, 5.74) is 0.583. The number of ether oxygens (including phenoxy) is 2. The lowest BCUT2D eigenvalue weighted by Gasteiger charge is -2.07. The monoisotopic (exact) mass is 292 g/mol. The lowest BCUT2D eigenvalue weighted by atomic mass is 10.1. The van der Waals surface area contributed by atoms with Gasteiger partial charge in [0.2, 0.25) is 0 Å². The van der Waals surface area contributed by atoms with E-state index in [1.54, 1.807) is 6.08 Å². The van der Waals surface area contributed by atoms with Crippen LogP contribution in [0, 0.1) is 0 Å². The normalized spacial score (nSPS) is 14.2. The highest BCUT2D eigenvalue weighted by Gasteiger charge is 2.10. The molecule has 1 aliphatic rings. The van der Waals surface area contributed by atoms with Crippen LogP contribution in [-0.4, -0.2) is 19.2 Å². The zero-order chi connectivity index (χ0) is 15.3. The van der Waals surface area contributed by atoms with Crippen LogP contribution in [0.15, 0.2) is 35.6 Å². The fraction of sp³-hybridized carbons (Fsp3) is 0.611. The minimum Gasteiger partial charge on any atom is -0.494 e. The molecule has 0 aromatic heterocycles. The summed E-state index contributed by atoms with van der Waals surface area (Å²) in [5.74, 6) is 0.474. The van der Waals surface area contributed by atoms with E-state index in [0.29, 0.717) is 18.8 Å². The Morgan fingerprint density at radius 1 is 1.14 bits per heavy atom. The van der Waals surface area contributed by atoms with Gasteiger partial charge in [0.15, 0.2) is 0 Å². The van der Waals surface area contributed by atoms with Gasteiger partial charge in [-0.05, 0) is 31.9 Å². The molecule has 0 aromatic carbocycles. The van der Waals surface area contributed by atoms with Gasteiger partial charge in [0.1, 0.15) is 5.76 Å². The van der Waals surface area contributed by atoms with E-state index >= 15 is 0 Å². The third-order valence-electron chi connectivity index (χ3n) is 3.33. The number of carbonyl (C=O) groups excluding carboxylic acids is 1. The molecule has 0 bridgehead atoms. The molecule has 0 heterocycles. The Kier molecular flexibility index (Phi) is 9.34.